The smallest absolute Gasteiger partial charge is 0.250 e. The highest BCUT2D eigenvalue weighted by molar-refractivity contribution is 7.91. The second-order valence-electron chi connectivity index (χ2n) is 4.72. The van der Waals surface area contributed by atoms with E-state index >= 15 is 0 Å². The number of nitrogens with one attached hydrogen (secondary N) is 1. The molecule has 1 saturated heterocycles. The van der Waals surface area contributed by atoms with E-state index in [9.17, 15) is 8.42 Å². The van der Waals surface area contributed by atoms with Crippen LogP contribution >= 0.6 is 11.3 Å². The molecule has 1 fully saturated rings. The fourth-order valence-electron chi connectivity index (χ4n) is 2.15. The van der Waals surface area contributed by atoms with Gasteiger partial charge in [0.05, 0.1) is 6.10 Å². The molecular weight excluding hydrogens is 284 g/mol. The largest absolute Gasteiger partial charge is 0.377 e. The summed E-state index contributed by atoms with van der Waals surface area (Å²) in [6.07, 6.45) is 2.60. The first kappa shape index (κ1) is 14.9. The van der Waals surface area contributed by atoms with Crippen molar-refractivity contribution in [3.63, 3.8) is 0 Å². The molecule has 0 radical (unpaired) electrons. The summed E-state index contributed by atoms with van der Waals surface area (Å²) in [5.41, 5.74) is 5.47. The SMILES string of the molecule is CC(NS(=O)(=O)c1ccc(CCN)s1)C1CCCO1. The van der Waals surface area contributed by atoms with Crippen LogP contribution in [0.2, 0.25) is 0 Å². The summed E-state index contributed by atoms with van der Waals surface area (Å²) in [6.45, 7) is 3.10. The average Bonchev–Trinajstić information content (AvgIpc) is 2.99. The quantitative estimate of drug-likeness (QED) is 0.824. The van der Waals surface area contributed by atoms with Crippen LogP contribution < -0.4 is 10.5 Å². The second-order valence-corrected chi connectivity index (χ2v) is 7.83. The molecule has 0 aromatic carbocycles. The summed E-state index contributed by atoms with van der Waals surface area (Å²) in [5, 5.41) is 0. The number of nitrogens with two attached hydrogens (primary N) is 1. The van der Waals surface area contributed by atoms with Gasteiger partial charge < -0.3 is 10.5 Å². The lowest BCUT2D eigenvalue weighted by molar-refractivity contribution is 0.0902. The molecule has 0 bridgehead atoms. The minimum atomic E-state index is -3.45. The lowest BCUT2D eigenvalue weighted by atomic mass is 10.1. The van der Waals surface area contributed by atoms with Gasteiger partial charge in [0.1, 0.15) is 4.21 Å². The number of rotatable bonds is 6. The molecule has 2 rings (SSSR count). The molecular formula is C12H20N2O3S2. The highest BCUT2D eigenvalue weighted by atomic mass is 32.2. The van der Waals surface area contributed by atoms with Crippen molar-refractivity contribution < 1.29 is 13.2 Å². The fourth-order valence-corrected chi connectivity index (χ4v) is 4.81. The Labute approximate surface area is 118 Å². The third kappa shape index (κ3) is 3.76. The average molecular weight is 304 g/mol. The van der Waals surface area contributed by atoms with E-state index in [-0.39, 0.29) is 12.1 Å². The molecule has 108 valence electrons. The Morgan fingerprint density at radius 1 is 1.58 bits per heavy atom. The molecule has 0 amide bonds. The van der Waals surface area contributed by atoms with Crippen molar-refractivity contribution in [2.24, 2.45) is 5.73 Å². The number of hydrogen-bond donors (Lipinski definition) is 2. The van der Waals surface area contributed by atoms with Crippen LogP contribution in [0.3, 0.4) is 0 Å². The normalized spacial score (nSPS) is 21.7. The Hall–Kier alpha value is -0.470. The molecule has 1 aliphatic heterocycles. The van der Waals surface area contributed by atoms with Crippen LogP contribution in [0, 0.1) is 0 Å². The lowest BCUT2D eigenvalue weighted by Gasteiger charge is -2.19. The molecule has 2 unspecified atom stereocenters. The van der Waals surface area contributed by atoms with E-state index in [4.69, 9.17) is 10.5 Å². The third-order valence-corrected chi connectivity index (χ3v) is 6.35. The first-order valence-corrected chi connectivity index (χ1v) is 8.75. The first-order chi connectivity index (χ1) is 9.03. The van der Waals surface area contributed by atoms with Crippen molar-refractivity contribution in [2.45, 2.75) is 42.5 Å². The lowest BCUT2D eigenvalue weighted by Crippen LogP contribution is -2.40. The van der Waals surface area contributed by atoms with Gasteiger partial charge in [0.25, 0.3) is 0 Å². The molecule has 2 heterocycles. The van der Waals surface area contributed by atoms with Crippen LogP contribution in [0.15, 0.2) is 16.3 Å². The monoisotopic (exact) mass is 304 g/mol. The fraction of sp³-hybridized carbons (Fsp3) is 0.667. The van der Waals surface area contributed by atoms with E-state index in [1.165, 1.54) is 11.3 Å². The maximum absolute atomic E-state index is 12.2. The Balaban J connectivity index is 2.03. The predicted molar refractivity (Wildman–Crippen MR) is 75.8 cm³/mol. The van der Waals surface area contributed by atoms with Crippen LogP contribution in [-0.2, 0) is 21.2 Å². The van der Waals surface area contributed by atoms with Crippen LogP contribution in [0.25, 0.3) is 0 Å². The van der Waals surface area contributed by atoms with Crippen molar-refractivity contribution >= 4 is 21.4 Å². The minimum Gasteiger partial charge on any atom is -0.377 e. The summed E-state index contributed by atoms with van der Waals surface area (Å²) in [7, 11) is -3.45. The minimum absolute atomic E-state index is 0.0155. The molecule has 1 aromatic heterocycles. The second kappa shape index (κ2) is 6.32. The van der Waals surface area contributed by atoms with E-state index in [2.05, 4.69) is 4.72 Å². The van der Waals surface area contributed by atoms with E-state index < -0.39 is 10.0 Å². The van der Waals surface area contributed by atoms with Crippen molar-refractivity contribution in [3.8, 4) is 0 Å². The van der Waals surface area contributed by atoms with Gasteiger partial charge in [-0.1, -0.05) is 0 Å². The molecule has 19 heavy (non-hydrogen) atoms. The van der Waals surface area contributed by atoms with E-state index in [0.29, 0.717) is 17.2 Å². The van der Waals surface area contributed by atoms with Gasteiger partial charge in [-0.25, -0.2) is 13.1 Å². The Bertz CT molecular complexity index is 507. The summed E-state index contributed by atoms with van der Waals surface area (Å²) < 4.78 is 33.0. The number of thiophene rings is 1. The van der Waals surface area contributed by atoms with Gasteiger partial charge in [0.2, 0.25) is 10.0 Å². The van der Waals surface area contributed by atoms with Crippen molar-refractivity contribution in [2.75, 3.05) is 13.2 Å². The van der Waals surface area contributed by atoms with Crippen LogP contribution in [0.1, 0.15) is 24.6 Å². The van der Waals surface area contributed by atoms with Crippen molar-refractivity contribution in [1.82, 2.24) is 4.72 Å². The van der Waals surface area contributed by atoms with Crippen molar-refractivity contribution in [1.29, 1.82) is 0 Å². The van der Waals surface area contributed by atoms with Crippen molar-refractivity contribution in [3.05, 3.63) is 17.0 Å². The zero-order chi connectivity index (χ0) is 13.9. The van der Waals surface area contributed by atoms with Crippen LogP contribution in [-0.4, -0.2) is 33.7 Å². The molecule has 5 nitrogen and oxygen atoms in total. The maximum Gasteiger partial charge on any atom is 0.250 e. The molecule has 0 spiro atoms. The summed E-state index contributed by atoms with van der Waals surface area (Å²) >= 11 is 1.28. The zero-order valence-electron chi connectivity index (χ0n) is 11.0. The van der Waals surface area contributed by atoms with Gasteiger partial charge in [-0.2, -0.15) is 0 Å². The van der Waals surface area contributed by atoms with Gasteiger partial charge >= 0.3 is 0 Å². The summed E-state index contributed by atoms with van der Waals surface area (Å²) in [6, 6.07) is 3.26. The highest BCUT2D eigenvalue weighted by Gasteiger charge is 2.27. The van der Waals surface area contributed by atoms with Gasteiger partial charge in [-0.05, 0) is 44.9 Å². The standard InChI is InChI=1S/C12H20N2O3S2/c1-9(11-3-2-8-17-11)14-19(15,16)12-5-4-10(18-12)6-7-13/h4-5,9,11,14H,2-3,6-8,13H2,1H3. The summed E-state index contributed by atoms with van der Waals surface area (Å²) in [5.74, 6) is 0. The third-order valence-electron chi connectivity index (χ3n) is 3.16. The number of hydrogen-bond acceptors (Lipinski definition) is 5. The Morgan fingerprint density at radius 3 is 3.00 bits per heavy atom. The Kier molecular flexibility index (Phi) is 4.97. The molecule has 3 N–H and O–H groups in total. The topological polar surface area (TPSA) is 81.4 Å². The molecule has 1 aromatic rings. The molecule has 7 heteroatoms. The van der Waals surface area contributed by atoms with Crippen LogP contribution in [0.4, 0.5) is 0 Å². The van der Waals surface area contributed by atoms with Gasteiger partial charge in [0.15, 0.2) is 0 Å². The molecule has 2 atom stereocenters. The number of sulfonamides is 1. The van der Waals surface area contributed by atoms with Gasteiger partial charge in [-0.3, -0.25) is 0 Å². The van der Waals surface area contributed by atoms with Gasteiger partial charge in [0, 0.05) is 17.5 Å². The van der Waals surface area contributed by atoms with E-state index in [1.54, 1.807) is 6.07 Å². The van der Waals surface area contributed by atoms with E-state index in [1.807, 2.05) is 13.0 Å². The van der Waals surface area contributed by atoms with Gasteiger partial charge in [-0.15, -0.1) is 11.3 Å². The molecule has 1 aliphatic rings. The molecule has 0 aliphatic carbocycles. The van der Waals surface area contributed by atoms with Crippen LogP contribution in [0.5, 0.6) is 0 Å². The van der Waals surface area contributed by atoms with E-state index in [0.717, 1.165) is 24.3 Å². The highest BCUT2D eigenvalue weighted by Crippen LogP contribution is 2.23. The maximum atomic E-state index is 12.2. The zero-order valence-corrected chi connectivity index (χ0v) is 12.6. The number of ether oxygens (including phenoxy) is 1. The predicted octanol–water partition coefficient (Wildman–Crippen LogP) is 1.10. The Morgan fingerprint density at radius 2 is 2.37 bits per heavy atom. The molecule has 0 saturated carbocycles. The first-order valence-electron chi connectivity index (χ1n) is 6.45. The summed E-state index contributed by atoms with van der Waals surface area (Å²) in [4.78, 5) is 0.993.